The average molecular weight is 664 g/mol. The molecule has 0 aliphatic heterocycles. The number of hydrogen-bond acceptors (Lipinski definition) is 8. The molecule has 0 fully saturated rings. The number of nitrogens with zero attached hydrogens (tertiary/aromatic N) is 1. The summed E-state index contributed by atoms with van der Waals surface area (Å²) in [6, 6.07) is 6.76. The minimum atomic E-state index is -4.84. The highest BCUT2D eigenvalue weighted by molar-refractivity contribution is 7.48. The van der Waals surface area contributed by atoms with E-state index in [1.54, 1.807) is 41.5 Å². The second-order valence-electron chi connectivity index (χ2n) is 12.1. The van der Waals surface area contributed by atoms with E-state index in [4.69, 9.17) is 34.0 Å². The highest BCUT2D eigenvalue weighted by Gasteiger charge is 2.37. The summed E-state index contributed by atoms with van der Waals surface area (Å²) in [6.07, 6.45) is -3.64. The Hall–Kier alpha value is -3.42. The van der Waals surface area contributed by atoms with Gasteiger partial charge in [-0.05, 0) is 84.0 Å². The summed E-state index contributed by atoms with van der Waals surface area (Å²) < 4.78 is 90.6. The number of alkyl halides is 3. The molecule has 46 heavy (non-hydrogen) atoms. The van der Waals surface area contributed by atoms with Gasteiger partial charge in [0.25, 0.3) is 11.5 Å². The molecule has 2 N–H and O–H groups in total. The molecule has 0 atom stereocenters. The SMILES string of the molecule is [B]C([B])(O)c1cc(F)ccc1Oc1cc(C(F)(F)F)ccc1C(=O)Nc1ccn(COP(=O)(OC(C)(C)C)OC(C)(C)C)c(=O)c1. The molecule has 3 aromatic rings. The van der Waals surface area contributed by atoms with E-state index < -0.39 is 82.8 Å². The van der Waals surface area contributed by atoms with E-state index in [-0.39, 0.29) is 5.69 Å². The topological polar surface area (TPSA) is 125 Å². The van der Waals surface area contributed by atoms with E-state index in [0.717, 1.165) is 28.8 Å². The molecule has 2 aromatic carbocycles. The van der Waals surface area contributed by atoms with Gasteiger partial charge in [-0.3, -0.25) is 27.7 Å². The number of ether oxygens (including phenoxy) is 1. The van der Waals surface area contributed by atoms with Gasteiger partial charge in [-0.1, -0.05) is 0 Å². The summed E-state index contributed by atoms with van der Waals surface area (Å²) in [5, 5.41) is 9.77. The molecule has 0 aliphatic carbocycles. The van der Waals surface area contributed by atoms with Crippen molar-refractivity contribution in [3.63, 3.8) is 0 Å². The molecule has 0 saturated heterocycles. The maximum absolute atomic E-state index is 13.8. The summed E-state index contributed by atoms with van der Waals surface area (Å²) >= 11 is 0. The smallest absolute Gasteiger partial charge is 0.456 e. The third kappa shape index (κ3) is 10.6. The second-order valence-corrected chi connectivity index (χ2v) is 13.6. The number of halogens is 4. The van der Waals surface area contributed by atoms with Crippen molar-refractivity contribution in [3.8, 4) is 11.5 Å². The van der Waals surface area contributed by atoms with Crippen LogP contribution in [-0.4, -0.2) is 42.5 Å². The van der Waals surface area contributed by atoms with Crippen molar-refractivity contribution in [2.24, 2.45) is 0 Å². The Morgan fingerprint density at radius 2 is 1.54 bits per heavy atom. The van der Waals surface area contributed by atoms with Gasteiger partial charge >= 0.3 is 14.0 Å². The standard InChI is InChI=1S/C29H31B2F4N2O8P/c1-26(2,3)44-46(41,45-27(4,5)6)42-16-37-12-11-19(15-24(37)38)36-25(39)20-9-7-17(29(33,34)35)13-23(20)43-22-10-8-18(32)14-21(22)28(30,31)40/h7-15,40H,16H2,1-6H3,(H,36,39). The highest BCUT2D eigenvalue weighted by atomic mass is 31.2. The zero-order valence-electron chi connectivity index (χ0n) is 25.8. The monoisotopic (exact) mass is 664 g/mol. The summed E-state index contributed by atoms with van der Waals surface area (Å²) in [7, 11) is 6.76. The molecule has 244 valence electrons. The van der Waals surface area contributed by atoms with Gasteiger partial charge < -0.3 is 15.2 Å². The fourth-order valence-electron chi connectivity index (χ4n) is 3.76. The van der Waals surface area contributed by atoms with Crippen molar-refractivity contribution >= 4 is 35.1 Å². The molecule has 0 aliphatic rings. The van der Waals surface area contributed by atoms with Gasteiger partial charge in [0.2, 0.25) is 0 Å². The average Bonchev–Trinajstić information content (AvgIpc) is 2.85. The van der Waals surface area contributed by atoms with Crippen LogP contribution < -0.4 is 15.6 Å². The largest absolute Gasteiger partial charge is 0.477 e. The Labute approximate surface area is 265 Å². The number of carbonyl (C=O) groups is 1. The minimum absolute atomic E-state index is 0.0714. The molecule has 10 nitrogen and oxygen atoms in total. The molecule has 0 bridgehead atoms. The molecule has 1 heterocycles. The molecular formula is C29H31B2F4N2O8P. The van der Waals surface area contributed by atoms with Crippen molar-refractivity contribution < 1.29 is 50.3 Å². The lowest BCUT2D eigenvalue weighted by Gasteiger charge is -2.30. The van der Waals surface area contributed by atoms with Crippen LogP contribution >= 0.6 is 7.82 Å². The Balaban J connectivity index is 1.90. The first-order chi connectivity index (χ1) is 20.9. The normalized spacial score (nSPS) is 13.0. The van der Waals surface area contributed by atoms with Crippen molar-refractivity contribution in [1.82, 2.24) is 4.57 Å². The first-order valence-corrected chi connectivity index (χ1v) is 15.0. The highest BCUT2D eigenvalue weighted by Crippen LogP contribution is 2.55. The van der Waals surface area contributed by atoms with E-state index in [1.165, 1.54) is 12.3 Å². The lowest BCUT2D eigenvalue weighted by Crippen LogP contribution is -2.27. The van der Waals surface area contributed by atoms with Crippen LogP contribution in [0, 0.1) is 5.82 Å². The summed E-state index contributed by atoms with van der Waals surface area (Å²) in [4.78, 5) is 26.0. The molecule has 0 saturated carbocycles. The van der Waals surface area contributed by atoms with Crippen molar-refractivity contribution in [1.29, 1.82) is 0 Å². The van der Waals surface area contributed by atoms with Crippen LogP contribution in [0.25, 0.3) is 0 Å². The number of aliphatic hydroxyl groups is 1. The maximum atomic E-state index is 13.8. The number of amides is 1. The van der Waals surface area contributed by atoms with Crippen LogP contribution in [0.3, 0.4) is 0 Å². The van der Waals surface area contributed by atoms with Crippen molar-refractivity contribution in [2.75, 3.05) is 5.32 Å². The Bertz CT molecular complexity index is 1680. The lowest BCUT2D eigenvalue weighted by atomic mass is 9.61. The number of aromatic nitrogens is 1. The van der Waals surface area contributed by atoms with Gasteiger partial charge in [-0.2, -0.15) is 13.2 Å². The van der Waals surface area contributed by atoms with Crippen LogP contribution in [-0.2, 0) is 36.4 Å². The minimum Gasteiger partial charge on any atom is -0.456 e. The number of anilines is 1. The number of nitrogens with one attached hydrogen (secondary N) is 1. The van der Waals surface area contributed by atoms with Gasteiger partial charge in [-0.25, -0.2) is 8.96 Å². The number of benzene rings is 2. The second kappa shape index (κ2) is 13.4. The van der Waals surface area contributed by atoms with Gasteiger partial charge in [0, 0.05) is 28.9 Å². The van der Waals surface area contributed by atoms with E-state index in [9.17, 15) is 36.8 Å². The lowest BCUT2D eigenvalue weighted by molar-refractivity contribution is -0.137. The first-order valence-electron chi connectivity index (χ1n) is 13.5. The molecule has 4 radical (unpaired) electrons. The summed E-state index contributed by atoms with van der Waals surface area (Å²) in [5.74, 6) is -2.98. The first kappa shape index (κ1) is 37.0. The Kier molecular flexibility index (Phi) is 10.8. The van der Waals surface area contributed by atoms with E-state index in [0.29, 0.717) is 18.2 Å². The Morgan fingerprint density at radius 1 is 0.935 bits per heavy atom. The molecule has 1 amide bonds. The molecule has 1 aromatic heterocycles. The van der Waals surface area contributed by atoms with Crippen molar-refractivity contribution in [2.45, 2.75) is 71.1 Å². The number of rotatable bonds is 10. The number of phosphoric acid groups is 1. The van der Waals surface area contributed by atoms with Gasteiger partial charge in [0.05, 0.1) is 22.3 Å². The molecular weight excluding hydrogens is 633 g/mol. The van der Waals surface area contributed by atoms with Crippen LogP contribution in [0.4, 0.5) is 23.2 Å². The maximum Gasteiger partial charge on any atom is 0.477 e. The quantitative estimate of drug-likeness (QED) is 0.149. The van der Waals surface area contributed by atoms with E-state index in [1.807, 2.05) is 0 Å². The predicted molar refractivity (Wildman–Crippen MR) is 162 cm³/mol. The van der Waals surface area contributed by atoms with Crippen LogP contribution in [0.15, 0.2) is 59.5 Å². The van der Waals surface area contributed by atoms with Gasteiger partial charge in [0.1, 0.15) is 39.7 Å². The molecule has 3 rings (SSSR count). The fourth-order valence-corrected chi connectivity index (χ4v) is 5.51. The number of carbonyl (C=O) groups excluding carboxylic acids is 1. The third-order valence-corrected chi connectivity index (χ3v) is 7.50. The van der Waals surface area contributed by atoms with Gasteiger partial charge in [0.15, 0.2) is 0 Å². The van der Waals surface area contributed by atoms with E-state index >= 15 is 0 Å². The number of hydrogen-bond donors (Lipinski definition) is 2. The van der Waals surface area contributed by atoms with E-state index in [2.05, 4.69) is 5.32 Å². The summed E-state index contributed by atoms with van der Waals surface area (Å²) in [5.41, 5.74) is -4.78. The number of phosphoric ester groups is 1. The predicted octanol–water partition coefficient (Wildman–Crippen LogP) is 6.20. The van der Waals surface area contributed by atoms with Crippen LogP contribution in [0.5, 0.6) is 11.5 Å². The zero-order valence-corrected chi connectivity index (χ0v) is 26.7. The third-order valence-electron chi connectivity index (χ3n) is 5.53. The van der Waals surface area contributed by atoms with Crippen LogP contribution in [0.1, 0.15) is 63.0 Å². The fraction of sp³-hybridized carbons (Fsp3) is 0.379. The van der Waals surface area contributed by atoms with Crippen LogP contribution in [0.2, 0.25) is 0 Å². The molecule has 17 heteroatoms. The molecule has 0 spiro atoms. The number of pyridine rings is 1. The van der Waals surface area contributed by atoms with Gasteiger partial charge in [-0.15, -0.1) is 0 Å². The zero-order chi connectivity index (χ0) is 34.9. The van der Waals surface area contributed by atoms with Crippen molar-refractivity contribution in [3.05, 3.63) is 87.6 Å². The Morgan fingerprint density at radius 3 is 2.07 bits per heavy atom. The summed E-state index contributed by atoms with van der Waals surface area (Å²) in [6.45, 7) is 9.28. The molecule has 0 unspecified atom stereocenters.